The maximum atomic E-state index is 12.2. The number of amides is 1. The molecule has 0 bridgehead atoms. The molecule has 0 aliphatic carbocycles. The maximum absolute atomic E-state index is 12.2. The van der Waals surface area contributed by atoms with Crippen LogP contribution in [0.3, 0.4) is 0 Å². The standard InChI is InChI=1S/C15H22N2OS/c18-15(7-1-5-13-6-3-9-19-13)17-10-12-4-2-8-16-14(12)11-17/h3,6,9,12,14,16H,1-2,4-5,7-8,10-11H2. The smallest absolute Gasteiger partial charge is 0.222 e. The van der Waals surface area contributed by atoms with Crippen LogP contribution in [0.25, 0.3) is 0 Å². The molecular weight excluding hydrogens is 256 g/mol. The molecule has 1 aromatic heterocycles. The molecule has 104 valence electrons. The van der Waals surface area contributed by atoms with Gasteiger partial charge >= 0.3 is 0 Å². The number of nitrogens with one attached hydrogen (secondary N) is 1. The molecule has 2 fully saturated rings. The fourth-order valence-electron chi connectivity index (χ4n) is 3.28. The summed E-state index contributed by atoms with van der Waals surface area (Å²) < 4.78 is 0. The Bertz CT molecular complexity index is 404. The van der Waals surface area contributed by atoms with E-state index in [1.165, 1.54) is 17.7 Å². The van der Waals surface area contributed by atoms with Crippen LogP contribution in [0.4, 0.5) is 0 Å². The maximum Gasteiger partial charge on any atom is 0.222 e. The molecule has 0 saturated carbocycles. The highest BCUT2D eigenvalue weighted by Crippen LogP contribution is 2.25. The van der Waals surface area contributed by atoms with E-state index in [1.807, 2.05) is 0 Å². The molecule has 1 N–H and O–H groups in total. The van der Waals surface area contributed by atoms with E-state index in [0.717, 1.165) is 32.5 Å². The molecule has 0 spiro atoms. The van der Waals surface area contributed by atoms with Gasteiger partial charge in [0.05, 0.1) is 0 Å². The van der Waals surface area contributed by atoms with Gasteiger partial charge in [0.2, 0.25) is 5.91 Å². The van der Waals surface area contributed by atoms with Gasteiger partial charge in [-0.2, -0.15) is 0 Å². The summed E-state index contributed by atoms with van der Waals surface area (Å²) in [5.74, 6) is 1.06. The SMILES string of the molecule is O=C(CCCc1cccs1)N1CC2CCCNC2C1. The normalized spacial score (nSPS) is 26.4. The van der Waals surface area contributed by atoms with E-state index in [-0.39, 0.29) is 0 Å². The Labute approximate surface area is 119 Å². The van der Waals surface area contributed by atoms with E-state index in [2.05, 4.69) is 27.7 Å². The van der Waals surface area contributed by atoms with Gasteiger partial charge < -0.3 is 10.2 Å². The Balaban J connectivity index is 1.43. The summed E-state index contributed by atoms with van der Waals surface area (Å²) >= 11 is 1.79. The van der Waals surface area contributed by atoms with Gasteiger partial charge in [-0.05, 0) is 49.6 Å². The number of aryl methyl sites for hydroxylation is 1. The first-order chi connectivity index (χ1) is 9.33. The zero-order valence-electron chi connectivity index (χ0n) is 11.3. The van der Waals surface area contributed by atoms with Gasteiger partial charge in [-0.3, -0.25) is 4.79 Å². The molecule has 0 aromatic carbocycles. The lowest BCUT2D eigenvalue weighted by molar-refractivity contribution is -0.130. The van der Waals surface area contributed by atoms with Crippen molar-refractivity contribution >= 4 is 17.2 Å². The first-order valence-electron chi connectivity index (χ1n) is 7.36. The molecule has 2 unspecified atom stereocenters. The van der Waals surface area contributed by atoms with Gasteiger partial charge in [-0.25, -0.2) is 0 Å². The van der Waals surface area contributed by atoms with Gasteiger partial charge in [0, 0.05) is 30.4 Å². The Morgan fingerprint density at radius 1 is 1.47 bits per heavy atom. The highest BCUT2D eigenvalue weighted by atomic mass is 32.1. The van der Waals surface area contributed by atoms with Crippen molar-refractivity contribution in [1.82, 2.24) is 10.2 Å². The minimum atomic E-state index is 0.354. The Morgan fingerprint density at radius 2 is 2.42 bits per heavy atom. The number of carbonyl (C=O) groups excluding carboxylic acids is 1. The predicted molar refractivity (Wildman–Crippen MR) is 78.4 cm³/mol. The topological polar surface area (TPSA) is 32.3 Å². The van der Waals surface area contributed by atoms with Gasteiger partial charge in [-0.15, -0.1) is 11.3 Å². The number of nitrogens with zero attached hydrogens (tertiary/aromatic N) is 1. The Hall–Kier alpha value is -0.870. The summed E-state index contributed by atoms with van der Waals surface area (Å²) in [6.45, 7) is 3.04. The van der Waals surface area contributed by atoms with Gasteiger partial charge in [0.15, 0.2) is 0 Å². The molecule has 4 heteroatoms. The summed E-state index contributed by atoms with van der Waals surface area (Å²) in [6, 6.07) is 4.80. The van der Waals surface area contributed by atoms with Crippen molar-refractivity contribution in [3.63, 3.8) is 0 Å². The molecule has 1 amide bonds. The van der Waals surface area contributed by atoms with Crippen LogP contribution in [0, 0.1) is 5.92 Å². The molecular formula is C15H22N2OS. The van der Waals surface area contributed by atoms with E-state index < -0.39 is 0 Å². The molecule has 3 rings (SSSR count). The van der Waals surface area contributed by atoms with Crippen molar-refractivity contribution in [2.75, 3.05) is 19.6 Å². The molecule has 2 aliphatic heterocycles. The summed E-state index contributed by atoms with van der Waals surface area (Å²) in [5.41, 5.74) is 0. The lowest BCUT2D eigenvalue weighted by atomic mass is 9.94. The second-order valence-corrected chi connectivity index (χ2v) is 6.73. The van der Waals surface area contributed by atoms with Crippen molar-refractivity contribution in [3.8, 4) is 0 Å². The summed E-state index contributed by atoms with van der Waals surface area (Å²) in [7, 11) is 0. The minimum absolute atomic E-state index is 0.354. The zero-order chi connectivity index (χ0) is 13.1. The van der Waals surface area contributed by atoms with Crippen LogP contribution >= 0.6 is 11.3 Å². The fourth-order valence-corrected chi connectivity index (χ4v) is 4.03. The lowest BCUT2D eigenvalue weighted by Gasteiger charge is -2.24. The van der Waals surface area contributed by atoms with Crippen LogP contribution in [-0.4, -0.2) is 36.5 Å². The summed E-state index contributed by atoms with van der Waals surface area (Å²) in [4.78, 5) is 15.7. The molecule has 19 heavy (non-hydrogen) atoms. The van der Waals surface area contributed by atoms with E-state index in [1.54, 1.807) is 11.3 Å². The lowest BCUT2D eigenvalue weighted by Crippen LogP contribution is -2.41. The third-order valence-electron chi connectivity index (χ3n) is 4.35. The number of fused-ring (bicyclic) bond motifs is 1. The number of piperidine rings is 1. The predicted octanol–water partition coefficient (Wildman–Crippen LogP) is 2.28. The van der Waals surface area contributed by atoms with Crippen LogP contribution < -0.4 is 5.32 Å². The average molecular weight is 278 g/mol. The van der Waals surface area contributed by atoms with Gasteiger partial charge in [-0.1, -0.05) is 6.07 Å². The molecule has 2 aliphatic rings. The third kappa shape index (κ3) is 3.18. The largest absolute Gasteiger partial charge is 0.341 e. The van der Waals surface area contributed by atoms with Crippen molar-refractivity contribution in [3.05, 3.63) is 22.4 Å². The Kier molecular flexibility index (Phi) is 4.18. The average Bonchev–Trinajstić information content (AvgIpc) is 3.07. The number of hydrogen-bond donors (Lipinski definition) is 1. The number of thiophene rings is 1. The number of hydrogen-bond acceptors (Lipinski definition) is 3. The molecule has 0 radical (unpaired) electrons. The van der Waals surface area contributed by atoms with Crippen LogP contribution in [0.2, 0.25) is 0 Å². The number of likely N-dealkylation sites (tertiary alicyclic amines) is 1. The second-order valence-electron chi connectivity index (χ2n) is 5.69. The van der Waals surface area contributed by atoms with Crippen LogP contribution in [-0.2, 0) is 11.2 Å². The first-order valence-corrected chi connectivity index (χ1v) is 8.24. The summed E-state index contributed by atoms with van der Waals surface area (Å²) in [5, 5.41) is 5.66. The highest BCUT2D eigenvalue weighted by molar-refractivity contribution is 7.09. The summed E-state index contributed by atoms with van der Waals surface area (Å²) in [6.07, 6.45) is 5.29. The van der Waals surface area contributed by atoms with Crippen molar-refractivity contribution in [2.24, 2.45) is 5.92 Å². The Morgan fingerprint density at radius 3 is 3.21 bits per heavy atom. The highest BCUT2D eigenvalue weighted by Gasteiger charge is 2.35. The number of carbonyl (C=O) groups is 1. The quantitative estimate of drug-likeness (QED) is 0.916. The van der Waals surface area contributed by atoms with Gasteiger partial charge in [0.25, 0.3) is 0 Å². The fraction of sp³-hybridized carbons (Fsp3) is 0.667. The van der Waals surface area contributed by atoms with E-state index in [9.17, 15) is 4.79 Å². The molecule has 3 heterocycles. The monoisotopic (exact) mass is 278 g/mol. The minimum Gasteiger partial charge on any atom is -0.341 e. The van der Waals surface area contributed by atoms with Gasteiger partial charge in [0.1, 0.15) is 0 Å². The number of rotatable bonds is 4. The zero-order valence-corrected chi connectivity index (χ0v) is 12.1. The van der Waals surface area contributed by atoms with Crippen molar-refractivity contribution in [2.45, 2.75) is 38.1 Å². The van der Waals surface area contributed by atoms with E-state index in [0.29, 0.717) is 24.3 Å². The van der Waals surface area contributed by atoms with Crippen molar-refractivity contribution < 1.29 is 4.79 Å². The second kappa shape index (κ2) is 6.06. The van der Waals surface area contributed by atoms with E-state index in [4.69, 9.17) is 0 Å². The third-order valence-corrected chi connectivity index (χ3v) is 5.28. The first kappa shape index (κ1) is 13.1. The molecule has 2 atom stereocenters. The molecule has 3 nitrogen and oxygen atoms in total. The molecule has 2 saturated heterocycles. The van der Waals surface area contributed by atoms with Crippen LogP contribution in [0.15, 0.2) is 17.5 Å². The molecule has 1 aromatic rings. The van der Waals surface area contributed by atoms with E-state index >= 15 is 0 Å². The van der Waals surface area contributed by atoms with Crippen molar-refractivity contribution in [1.29, 1.82) is 0 Å². The van der Waals surface area contributed by atoms with Crippen LogP contribution in [0.1, 0.15) is 30.6 Å². The van der Waals surface area contributed by atoms with Crippen LogP contribution in [0.5, 0.6) is 0 Å².